The average Bonchev–Trinajstić information content (AvgIpc) is 2.62. The summed E-state index contributed by atoms with van der Waals surface area (Å²) in [6, 6.07) is 0. The van der Waals surface area contributed by atoms with Gasteiger partial charge in [0.1, 0.15) is 0 Å². The van der Waals surface area contributed by atoms with Crippen LogP contribution in [0.3, 0.4) is 0 Å². The van der Waals surface area contributed by atoms with Gasteiger partial charge in [0.05, 0.1) is 0 Å². The minimum atomic E-state index is -7.46. The maximum Gasteiger partial charge on any atom is 0.461 e. The zero-order chi connectivity index (χ0) is 19.6. The SMILES string of the molecule is FC(F)=C1OC(F)(C(F)(F)C(F)(F)F)C(F)(C(F)(F)C(F)(F)F)O1. The Morgan fingerprint density at radius 3 is 1.04 bits per heavy atom. The molecule has 0 aliphatic carbocycles. The van der Waals surface area contributed by atoms with Crippen LogP contribution in [0.1, 0.15) is 0 Å². The lowest BCUT2D eigenvalue weighted by Gasteiger charge is -2.38. The lowest BCUT2D eigenvalue weighted by Crippen LogP contribution is -2.71. The Labute approximate surface area is 120 Å². The molecule has 0 bridgehead atoms. The van der Waals surface area contributed by atoms with Crippen molar-refractivity contribution in [2.45, 2.75) is 35.9 Å². The summed E-state index contributed by atoms with van der Waals surface area (Å²) in [6.07, 6.45) is -18.4. The molecule has 0 aromatic carbocycles. The van der Waals surface area contributed by atoms with Gasteiger partial charge < -0.3 is 9.47 Å². The molecule has 24 heavy (non-hydrogen) atoms. The third-order valence-electron chi connectivity index (χ3n) is 2.55. The van der Waals surface area contributed by atoms with Crippen molar-refractivity contribution in [3.05, 3.63) is 12.0 Å². The summed E-state index contributed by atoms with van der Waals surface area (Å²) in [5.74, 6) is -32.3. The molecule has 1 rings (SSSR count). The molecular formula is C8F14O2. The third-order valence-corrected chi connectivity index (χ3v) is 2.55. The number of hydrogen-bond acceptors (Lipinski definition) is 2. The van der Waals surface area contributed by atoms with Gasteiger partial charge >= 0.3 is 47.9 Å². The molecule has 2 nitrogen and oxygen atoms in total. The Hall–Kier alpha value is -1.64. The molecule has 0 N–H and O–H groups in total. The van der Waals surface area contributed by atoms with Gasteiger partial charge in [0.2, 0.25) is 0 Å². The quantitative estimate of drug-likeness (QED) is 0.626. The summed E-state index contributed by atoms with van der Waals surface area (Å²) in [4.78, 5) is 0. The highest BCUT2D eigenvalue weighted by molar-refractivity contribution is 5.16. The molecule has 142 valence electrons. The Kier molecular flexibility index (Phi) is 4.20. The smallest absolute Gasteiger partial charge is 0.412 e. The van der Waals surface area contributed by atoms with Crippen molar-refractivity contribution >= 4 is 0 Å². The standard InChI is InChI=1S/C8F14O2/c9-1(10)2-23-5(15,3(11,12)7(17,18)19)6(16,24-2)4(13,14)8(20,21)22. The first-order valence-corrected chi connectivity index (χ1v) is 4.96. The van der Waals surface area contributed by atoms with Gasteiger partial charge in [-0.2, -0.15) is 61.5 Å². The van der Waals surface area contributed by atoms with Crippen LogP contribution in [0.4, 0.5) is 61.5 Å². The molecule has 0 amide bonds. The third kappa shape index (κ3) is 2.32. The first kappa shape index (κ1) is 20.4. The van der Waals surface area contributed by atoms with Crippen molar-refractivity contribution in [1.82, 2.24) is 0 Å². The van der Waals surface area contributed by atoms with E-state index in [9.17, 15) is 61.5 Å². The number of halogens is 14. The van der Waals surface area contributed by atoms with Gasteiger partial charge in [0.25, 0.3) is 0 Å². The first-order valence-electron chi connectivity index (χ1n) is 4.96. The second kappa shape index (κ2) is 4.93. The molecule has 16 heteroatoms. The highest BCUT2D eigenvalue weighted by Crippen LogP contribution is 2.64. The zero-order valence-electron chi connectivity index (χ0n) is 10.1. The minimum Gasteiger partial charge on any atom is -0.412 e. The van der Waals surface area contributed by atoms with Crippen molar-refractivity contribution in [2.24, 2.45) is 0 Å². The fourth-order valence-electron chi connectivity index (χ4n) is 1.38. The van der Waals surface area contributed by atoms with Crippen LogP contribution in [-0.2, 0) is 9.47 Å². The Morgan fingerprint density at radius 1 is 0.625 bits per heavy atom. The summed E-state index contributed by atoms with van der Waals surface area (Å²) in [5.41, 5.74) is 0. The molecule has 2 atom stereocenters. The van der Waals surface area contributed by atoms with Crippen LogP contribution < -0.4 is 0 Å². The van der Waals surface area contributed by atoms with Crippen molar-refractivity contribution in [2.75, 3.05) is 0 Å². The van der Waals surface area contributed by atoms with E-state index in [2.05, 4.69) is 9.47 Å². The van der Waals surface area contributed by atoms with Gasteiger partial charge in [-0.1, -0.05) is 0 Å². The Bertz CT molecular complexity index is 500. The van der Waals surface area contributed by atoms with Gasteiger partial charge in [-0.3, -0.25) is 0 Å². The molecule has 0 radical (unpaired) electrons. The molecule has 1 heterocycles. The van der Waals surface area contributed by atoms with E-state index in [1.807, 2.05) is 0 Å². The maximum atomic E-state index is 13.7. The molecule has 1 aliphatic rings. The Morgan fingerprint density at radius 2 is 0.875 bits per heavy atom. The lowest BCUT2D eigenvalue weighted by atomic mass is 9.95. The summed E-state index contributed by atoms with van der Waals surface area (Å²) in [5, 5.41) is 0. The average molecular weight is 394 g/mol. The van der Waals surface area contributed by atoms with Crippen LogP contribution in [0.15, 0.2) is 12.0 Å². The monoisotopic (exact) mass is 394 g/mol. The molecule has 0 spiro atoms. The largest absolute Gasteiger partial charge is 0.461 e. The summed E-state index contributed by atoms with van der Waals surface area (Å²) in [7, 11) is 0. The normalized spacial score (nSPS) is 29.3. The van der Waals surface area contributed by atoms with E-state index in [1.165, 1.54) is 0 Å². The number of alkyl halides is 12. The predicted molar refractivity (Wildman–Crippen MR) is 41.1 cm³/mol. The van der Waals surface area contributed by atoms with Crippen LogP contribution in [0.5, 0.6) is 0 Å². The minimum absolute atomic E-state index is 2.41. The second-order valence-corrected chi connectivity index (χ2v) is 4.09. The predicted octanol–water partition coefficient (Wildman–Crippen LogP) is 4.83. The zero-order valence-corrected chi connectivity index (χ0v) is 10.1. The molecule has 1 saturated heterocycles. The highest BCUT2D eigenvalue weighted by atomic mass is 19.4. The summed E-state index contributed by atoms with van der Waals surface area (Å²) < 4.78 is 181. The molecule has 0 aromatic rings. The lowest BCUT2D eigenvalue weighted by molar-refractivity contribution is -0.453. The van der Waals surface area contributed by atoms with Crippen molar-refractivity contribution in [3.8, 4) is 0 Å². The maximum absolute atomic E-state index is 13.7. The van der Waals surface area contributed by atoms with E-state index in [-0.39, 0.29) is 0 Å². The summed E-state index contributed by atoms with van der Waals surface area (Å²) >= 11 is 0. The van der Waals surface area contributed by atoms with E-state index >= 15 is 0 Å². The van der Waals surface area contributed by atoms with E-state index in [1.54, 1.807) is 0 Å². The fourth-order valence-corrected chi connectivity index (χ4v) is 1.38. The molecule has 0 aromatic heterocycles. The molecule has 2 unspecified atom stereocenters. The molecule has 0 saturated carbocycles. The second-order valence-electron chi connectivity index (χ2n) is 4.09. The van der Waals surface area contributed by atoms with Crippen LogP contribution in [-0.4, -0.2) is 35.9 Å². The van der Waals surface area contributed by atoms with Gasteiger partial charge in [-0.15, -0.1) is 0 Å². The topological polar surface area (TPSA) is 18.5 Å². The van der Waals surface area contributed by atoms with Gasteiger partial charge in [-0.05, 0) is 0 Å². The van der Waals surface area contributed by atoms with Crippen LogP contribution in [0.2, 0.25) is 0 Å². The van der Waals surface area contributed by atoms with Crippen LogP contribution >= 0.6 is 0 Å². The van der Waals surface area contributed by atoms with E-state index in [4.69, 9.17) is 0 Å². The number of ether oxygens (including phenoxy) is 2. The number of rotatable bonds is 2. The molecular weight excluding hydrogens is 394 g/mol. The number of hydrogen-bond donors (Lipinski definition) is 0. The van der Waals surface area contributed by atoms with E-state index < -0.39 is 47.9 Å². The molecule has 1 aliphatic heterocycles. The van der Waals surface area contributed by atoms with E-state index in [0.29, 0.717) is 0 Å². The highest BCUT2D eigenvalue weighted by Gasteiger charge is 2.95. The van der Waals surface area contributed by atoms with Crippen molar-refractivity contribution < 1.29 is 70.9 Å². The van der Waals surface area contributed by atoms with Gasteiger partial charge in [-0.25, -0.2) is 0 Å². The van der Waals surface area contributed by atoms with E-state index in [0.717, 1.165) is 0 Å². The van der Waals surface area contributed by atoms with Gasteiger partial charge in [0.15, 0.2) is 0 Å². The van der Waals surface area contributed by atoms with Crippen molar-refractivity contribution in [3.63, 3.8) is 0 Å². The fraction of sp³-hybridized carbons (Fsp3) is 0.750. The van der Waals surface area contributed by atoms with Crippen molar-refractivity contribution in [1.29, 1.82) is 0 Å². The summed E-state index contributed by atoms with van der Waals surface area (Å²) in [6.45, 7) is 0. The van der Waals surface area contributed by atoms with Gasteiger partial charge in [0, 0.05) is 0 Å². The Balaban J connectivity index is 3.76. The van der Waals surface area contributed by atoms with Crippen LogP contribution in [0.25, 0.3) is 0 Å². The molecule has 1 fully saturated rings. The van der Waals surface area contributed by atoms with Crippen LogP contribution in [0, 0.1) is 0 Å². The first-order chi connectivity index (χ1) is 10.3.